The molecule has 0 aliphatic heterocycles. The van der Waals surface area contributed by atoms with E-state index in [1.165, 1.54) is 5.56 Å². The van der Waals surface area contributed by atoms with Crippen LogP contribution in [-0.4, -0.2) is 22.1 Å². The van der Waals surface area contributed by atoms with Crippen LogP contribution in [0.25, 0.3) is 11.0 Å². The predicted octanol–water partition coefficient (Wildman–Crippen LogP) is 4.68. The number of rotatable bonds is 7. The highest BCUT2D eigenvalue weighted by atomic mass is 16.5. The zero-order chi connectivity index (χ0) is 20.9. The highest BCUT2D eigenvalue weighted by molar-refractivity contribution is 5.94. The Morgan fingerprint density at radius 1 is 1.00 bits per heavy atom. The van der Waals surface area contributed by atoms with E-state index in [2.05, 4.69) is 34.1 Å². The molecule has 0 saturated carbocycles. The largest absolute Gasteiger partial charge is 0.484 e. The molecule has 1 N–H and O–H groups in total. The van der Waals surface area contributed by atoms with Gasteiger partial charge in [-0.15, -0.1) is 0 Å². The van der Waals surface area contributed by atoms with Crippen LogP contribution in [0.5, 0.6) is 5.75 Å². The molecule has 5 heteroatoms. The third-order valence-electron chi connectivity index (χ3n) is 5.10. The molecule has 1 amide bonds. The highest BCUT2D eigenvalue weighted by Gasteiger charge is 2.10. The van der Waals surface area contributed by atoms with Gasteiger partial charge in [0.25, 0.3) is 5.91 Å². The van der Waals surface area contributed by atoms with Gasteiger partial charge in [-0.25, -0.2) is 4.98 Å². The third-order valence-corrected chi connectivity index (χ3v) is 5.10. The lowest BCUT2D eigenvalue weighted by molar-refractivity contribution is -0.118. The number of carbonyl (C=O) groups is 1. The van der Waals surface area contributed by atoms with Gasteiger partial charge in [0.2, 0.25) is 0 Å². The fourth-order valence-electron chi connectivity index (χ4n) is 3.50. The molecule has 152 valence electrons. The number of fused-ring (bicyclic) bond motifs is 1. The number of hydrogen-bond donors (Lipinski definition) is 1. The van der Waals surface area contributed by atoms with Gasteiger partial charge in [0.05, 0.1) is 11.0 Å². The molecule has 5 nitrogen and oxygen atoms in total. The molecular formula is C25H25N3O2. The van der Waals surface area contributed by atoms with Crippen molar-refractivity contribution in [3.63, 3.8) is 0 Å². The second-order valence-electron chi connectivity index (χ2n) is 7.43. The number of carbonyl (C=O) groups excluding carboxylic acids is 1. The Kier molecular flexibility index (Phi) is 5.80. The zero-order valence-electron chi connectivity index (χ0n) is 17.3. The fourth-order valence-corrected chi connectivity index (χ4v) is 3.50. The van der Waals surface area contributed by atoms with Gasteiger partial charge in [-0.2, -0.15) is 0 Å². The third kappa shape index (κ3) is 4.69. The predicted molar refractivity (Wildman–Crippen MR) is 120 cm³/mol. The van der Waals surface area contributed by atoms with E-state index in [9.17, 15) is 4.79 Å². The summed E-state index contributed by atoms with van der Waals surface area (Å²) in [4.78, 5) is 17.1. The maximum Gasteiger partial charge on any atom is 0.262 e. The summed E-state index contributed by atoms with van der Waals surface area (Å²) in [5, 5.41) is 2.89. The Morgan fingerprint density at radius 2 is 1.83 bits per heavy atom. The van der Waals surface area contributed by atoms with Crippen molar-refractivity contribution in [3.8, 4) is 5.75 Å². The first kappa shape index (κ1) is 19.7. The van der Waals surface area contributed by atoms with Crippen LogP contribution >= 0.6 is 0 Å². The molecule has 0 atom stereocenters. The normalized spacial score (nSPS) is 10.9. The molecule has 0 bridgehead atoms. The van der Waals surface area contributed by atoms with Gasteiger partial charge in [0, 0.05) is 19.2 Å². The summed E-state index contributed by atoms with van der Waals surface area (Å²) >= 11 is 0. The quantitative estimate of drug-likeness (QED) is 0.491. The van der Waals surface area contributed by atoms with Crippen LogP contribution in [0.3, 0.4) is 0 Å². The van der Waals surface area contributed by atoms with Crippen molar-refractivity contribution in [2.45, 2.75) is 19.8 Å². The van der Waals surface area contributed by atoms with Crippen LogP contribution in [0.2, 0.25) is 0 Å². The Labute approximate surface area is 176 Å². The average Bonchev–Trinajstić information content (AvgIpc) is 3.06. The van der Waals surface area contributed by atoms with Crippen LogP contribution in [-0.2, 0) is 24.7 Å². The summed E-state index contributed by atoms with van der Waals surface area (Å²) in [7, 11) is 2.03. The summed E-state index contributed by atoms with van der Waals surface area (Å²) in [5.41, 5.74) is 5.03. The van der Waals surface area contributed by atoms with E-state index in [0.717, 1.165) is 35.3 Å². The van der Waals surface area contributed by atoms with Gasteiger partial charge >= 0.3 is 0 Å². The van der Waals surface area contributed by atoms with E-state index in [4.69, 9.17) is 9.72 Å². The molecule has 1 aromatic heterocycles. The van der Waals surface area contributed by atoms with Crippen molar-refractivity contribution in [1.82, 2.24) is 9.55 Å². The highest BCUT2D eigenvalue weighted by Crippen LogP contribution is 2.21. The van der Waals surface area contributed by atoms with E-state index in [0.29, 0.717) is 11.4 Å². The van der Waals surface area contributed by atoms with Gasteiger partial charge in [-0.05, 0) is 54.8 Å². The molecule has 0 unspecified atom stereocenters. The lowest BCUT2D eigenvalue weighted by atomic mass is 10.1. The minimum atomic E-state index is -0.198. The monoisotopic (exact) mass is 399 g/mol. The van der Waals surface area contributed by atoms with Crippen molar-refractivity contribution in [1.29, 1.82) is 0 Å². The van der Waals surface area contributed by atoms with Gasteiger partial charge in [0.1, 0.15) is 11.6 Å². The molecule has 0 fully saturated rings. The van der Waals surface area contributed by atoms with Gasteiger partial charge < -0.3 is 14.6 Å². The van der Waals surface area contributed by atoms with Crippen LogP contribution in [0.1, 0.15) is 17.0 Å². The van der Waals surface area contributed by atoms with E-state index >= 15 is 0 Å². The first-order chi connectivity index (χ1) is 14.6. The number of hydrogen-bond acceptors (Lipinski definition) is 3. The maximum atomic E-state index is 12.3. The number of ether oxygens (including phenoxy) is 1. The maximum absolute atomic E-state index is 12.3. The lowest BCUT2D eigenvalue weighted by Gasteiger charge is -2.08. The van der Waals surface area contributed by atoms with Crippen molar-refractivity contribution in [2.24, 2.45) is 7.05 Å². The van der Waals surface area contributed by atoms with Gasteiger partial charge in [-0.3, -0.25) is 4.79 Å². The van der Waals surface area contributed by atoms with Gasteiger partial charge in [0.15, 0.2) is 6.61 Å². The van der Waals surface area contributed by atoms with E-state index in [1.54, 1.807) is 0 Å². The van der Waals surface area contributed by atoms with Gasteiger partial charge in [-0.1, -0.05) is 42.5 Å². The Bertz CT molecular complexity index is 1170. The molecule has 0 aliphatic carbocycles. The first-order valence-corrected chi connectivity index (χ1v) is 10.1. The van der Waals surface area contributed by atoms with Crippen molar-refractivity contribution >= 4 is 22.6 Å². The van der Waals surface area contributed by atoms with E-state index in [1.807, 2.05) is 62.5 Å². The number of anilines is 1. The molecule has 30 heavy (non-hydrogen) atoms. The minimum absolute atomic E-state index is 0.0357. The molecule has 3 aromatic carbocycles. The van der Waals surface area contributed by atoms with Crippen LogP contribution < -0.4 is 10.1 Å². The fraction of sp³-hybridized carbons (Fsp3) is 0.200. The summed E-state index contributed by atoms with van der Waals surface area (Å²) in [5.74, 6) is 1.52. The minimum Gasteiger partial charge on any atom is -0.484 e. The molecule has 4 rings (SSSR count). The SMILES string of the molecule is Cc1cccc(OCC(=O)Nc2ccc3c(c2)nc(CCc2ccccc2)n3C)c1. The average molecular weight is 399 g/mol. The summed E-state index contributed by atoms with van der Waals surface area (Å²) in [6.45, 7) is 1.95. The zero-order valence-corrected chi connectivity index (χ0v) is 17.3. The van der Waals surface area contributed by atoms with Crippen molar-refractivity contribution < 1.29 is 9.53 Å². The number of aryl methyl sites for hydroxylation is 4. The van der Waals surface area contributed by atoms with Crippen LogP contribution in [0.15, 0.2) is 72.8 Å². The first-order valence-electron chi connectivity index (χ1n) is 10.1. The molecule has 0 saturated heterocycles. The Morgan fingerprint density at radius 3 is 2.63 bits per heavy atom. The molecular weight excluding hydrogens is 374 g/mol. The molecule has 0 aliphatic rings. The molecule has 0 radical (unpaired) electrons. The number of amides is 1. The molecule has 4 aromatic rings. The molecule has 0 spiro atoms. The standard InChI is InChI=1S/C25H25N3O2/c1-18-7-6-10-21(15-18)30-17-25(29)26-20-12-13-23-22(16-20)27-24(28(23)2)14-11-19-8-4-3-5-9-19/h3-10,12-13,15-16H,11,14,17H2,1-2H3,(H,26,29). The van der Waals surface area contributed by atoms with Crippen LogP contribution in [0, 0.1) is 6.92 Å². The topological polar surface area (TPSA) is 56.1 Å². The van der Waals surface area contributed by atoms with E-state index < -0.39 is 0 Å². The number of nitrogens with one attached hydrogen (secondary N) is 1. The number of nitrogens with zero attached hydrogens (tertiary/aromatic N) is 2. The van der Waals surface area contributed by atoms with Crippen molar-refractivity contribution in [3.05, 3.63) is 89.7 Å². The lowest BCUT2D eigenvalue weighted by Crippen LogP contribution is -2.20. The van der Waals surface area contributed by atoms with Crippen molar-refractivity contribution in [2.75, 3.05) is 11.9 Å². The second-order valence-corrected chi connectivity index (χ2v) is 7.43. The molecule has 1 heterocycles. The Hall–Kier alpha value is -3.60. The summed E-state index contributed by atoms with van der Waals surface area (Å²) < 4.78 is 7.69. The Balaban J connectivity index is 1.40. The summed E-state index contributed by atoms with van der Waals surface area (Å²) in [6, 6.07) is 23.9. The van der Waals surface area contributed by atoms with E-state index in [-0.39, 0.29) is 12.5 Å². The summed E-state index contributed by atoms with van der Waals surface area (Å²) in [6.07, 6.45) is 1.80. The smallest absolute Gasteiger partial charge is 0.262 e. The number of aromatic nitrogens is 2. The second kappa shape index (κ2) is 8.82. The van der Waals surface area contributed by atoms with Crippen LogP contribution in [0.4, 0.5) is 5.69 Å². The number of imidazole rings is 1. The number of benzene rings is 3.